The zero-order valence-electron chi connectivity index (χ0n) is 15.8. The van der Waals surface area contributed by atoms with Crippen LogP contribution in [0.4, 0.5) is 0 Å². The van der Waals surface area contributed by atoms with Gasteiger partial charge in [0.05, 0.1) is 11.5 Å². The number of thiophene rings is 1. The van der Waals surface area contributed by atoms with Crippen molar-refractivity contribution >= 4 is 29.1 Å². The molecule has 2 atom stereocenters. The van der Waals surface area contributed by atoms with E-state index in [1.807, 2.05) is 25.3 Å². The van der Waals surface area contributed by atoms with Crippen LogP contribution in [0, 0.1) is 5.92 Å². The number of amides is 2. The SMILES string of the molecule is CC(C)[C@H](NC(=O)c1cccs1)C(=O)NC1CCN([C@H]2CCOC2=O)CC1. The van der Waals surface area contributed by atoms with Gasteiger partial charge in [0.1, 0.15) is 12.1 Å². The minimum absolute atomic E-state index is 0.0118. The fraction of sp³-hybridized carbons (Fsp3) is 0.632. The van der Waals surface area contributed by atoms with Crippen molar-refractivity contribution in [3.63, 3.8) is 0 Å². The summed E-state index contributed by atoms with van der Waals surface area (Å²) in [5.74, 6) is -0.502. The number of carbonyl (C=O) groups excluding carboxylic acids is 3. The third-order valence-corrected chi connectivity index (χ3v) is 6.07. The summed E-state index contributed by atoms with van der Waals surface area (Å²) in [5.41, 5.74) is 0. The average molecular weight is 394 g/mol. The van der Waals surface area contributed by atoms with Crippen molar-refractivity contribution in [3.8, 4) is 0 Å². The molecule has 2 N–H and O–H groups in total. The molecule has 2 aliphatic rings. The predicted octanol–water partition coefficient (Wildman–Crippen LogP) is 1.40. The minimum Gasteiger partial charge on any atom is -0.464 e. The van der Waals surface area contributed by atoms with E-state index in [2.05, 4.69) is 15.5 Å². The van der Waals surface area contributed by atoms with Gasteiger partial charge in [0.15, 0.2) is 0 Å². The number of nitrogens with zero attached hydrogens (tertiary/aromatic N) is 1. The number of esters is 1. The van der Waals surface area contributed by atoms with Gasteiger partial charge in [0.25, 0.3) is 5.91 Å². The van der Waals surface area contributed by atoms with E-state index in [0.717, 1.165) is 32.4 Å². The molecule has 1 aromatic heterocycles. The van der Waals surface area contributed by atoms with Gasteiger partial charge in [-0.15, -0.1) is 11.3 Å². The van der Waals surface area contributed by atoms with Crippen molar-refractivity contribution in [2.75, 3.05) is 19.7 Å². The average Bonchev–Trinajstić information content (AvgIpc) is 3.31. The number of hydrogen-bond acceptors (Lipinski definition) is 6. The fourth-order valence-electron chi connectivity index (χ4n) is 3.62. The second kappa shape index (κ2) is 8.84. The van der Waals surface area contributed by atoms with Gasteiger partial charge >= 0.3 is 5.97 Å². The maximum absolute atomic E-state index is 12.7. The highest BCUT2D eigenvalue weighted by Gasteiger charge is 2.35. The van der Waals surface area contributed by atoms with Gasteiger partial charge in [-0.05, 0) is 30.2 Å². The van der Waals surface area contributed by atoms with E-state index in [1.165, 1.54) is 11.3 Å². The van der Waals surface area contributed by atoms with Crippen molar-refractivity contribution in [2.24, 2.45) is 5.92 Å². The Balaban J connectivity index is 1.50. The van der Waals surface area contributed by atoms with Crippen LogP contribution in [0.2, 0.25) is 0 Å². The van der Waals surface area contributed by atoms with Crippen LogP contribution in [-0.4, -0.2) is 60.5 Å². The first-order valence-electron chi connectivity index (χ1n) is 9.51. The highest BCUT2D eigenvalue weighted by Crippen LogP contribution is 2.20. The largest absolute Gasteiger partial charge is 0.464 e. The van der Waals surface area contributed by atoms with E-state index in [0.29, 0.717) is 11.5 Å². The van der Waals surface area contributed by atoms with E-state index >= 15 is 0 Å². The highest BCUT2D eigenvalue weighted by molar-refractivity contribution is 7.12. The predicted molar refractivity (Wildman–Crippen MR) is 103 cm³/mol. The lowest BCUT2D eigenvalue weighted by Gasteiger charge is -2.35. The first-order valence-corrected chi connectivity index (χ1v) is 10.4. The molecule has 2 aliphatic heterocycles. The van der Waals surface area contributed by atoms with E-state index in [-0.39, 0.29) is 35.8 Å². The molecule has 0 aromatic carbocycles. The Bertz CT molecular complexity index is 669. The minimum atomic E-state index is -0.567. The molecule has 2 saturated heterocycles. The highest BCUT2D eigenvalue weighted by atomic mass is 32.1. The molecule has 27 heavy (non-hydrogen) atoms. The van der Waals surface area contributed by atoms with Gasteiger partial charge in [0, 0.05) is 25.6 Å². The number of nitrogens with one attached hydrogen (secondary N) is 2. The number of likely N-dealkylation sites (tertiary alicyclic amines) is 1. The first-order chi connectivity index (χ1) is 13.0. The molecule has 2 amide bonds. The number of ether oxygens (including phenoxy) is 1. The van der Waals surface area contributed by atoms with Crippen LogP contribution in [0.25, 0.3) is 0 Å². The molecule has 0 saturated carbocycles. The molecule has 0 bridgehead atoms. The van der Waals surface area contributed by atoms with Crippen LogP contribution in [0.15, 0.2) is 17.5 Å². The number of rotatable bonds is 6. The van der Waals surface area contributed by atoms with Crippen molar-refractivity contribution in [1.82, 2.24) is 15.5 Å². The van der Waals surface area contributed by atoms with Crippen LogP contribution in [0.3, 0.4) is 0 Å². The molecule has 3 rings (SSSR count). The maximum atomic E-state index is 12.7. The molecule has 8 heteroatoms. The summed E-state index contributed by atoms with van der Waals surface area (Å²) in [6.07, 6.45) is 2.33. The van der Waals surface area contributed by atoms with Gasteiger partial charge in [-0.1, -0.05) is 19.9 Å². The van der Waals surface area contributed by atoms with Gasteiger partial charge in [0.2, 0.25) is 5.91 Å². The smallest absolute Gasteiger partial charge is 0.323 e. The van der Waals surface area contributed by atoms with Crippen LogP contribution < -0.4 is 10.6 Å². The second-order valence-electron chi connectivity index (χ2n) is 7.46. The molecule has 2 fully saturated rings. The number of hydrogen-bond donors (Lipinski definition) is 2. The van der Waals surface area contributed by atoms with E-state index < -0.39 is 6.04 Å². The number of piperidine rings is 1. The summed E-state index contributed by atoms with van der Waals surface area (Å²) in [6, 6.07) is 2.93. The summed E-state index contributed by atoms with van der Waals surface area (Å²) in [7, 11) is 0. The van der Waals surface area contributed by atoms with Crippen LogP contribution in [0.5, 0.6) is 0 Å². The Morgan fingerprint density at radius 3 is 2.56 bits per heavy atom. The monoisotopic (exact) mass is 393 g/mol. The van der Waals surface area contributed by atoms with Crippen LogP contribution in [-0.2, 0) is 14.3 Å². The Morgan fingerprint density at radius 1 is 1.26 bits per heavy atom. The topological polar surface area (TPSA) is 87.7 Å². The quantitative estimate of drug-likeness (QED) is 0.714. The van der Waals surface area contributed by atoms with E-state index in [9.17, 15) is 14.4 Å². The van der Waals surface area contributed by atoms with Crippen molar-refractivity contribution in [1.29, 1.82) is 0 Å². The normalized spacial score (nSPS) is 22.5. The summed E-state index contributed by atoms with van der Waals surface area (Å²) in [4.78, 5) is 39.5. The maximum Gasteiger partial charge on any atom is 0.323 e. The van der Waals surface area contributed by atoms with E-state index in [4.69, 9.17) is 4.74 Å². The number of carbonyl (C=O) groups is 3. The molecule has 148 valence electrons. The number of cyclic esters (lactones) is 1. The first kappa shape index (κ1) is 19.8. The summed E-state index contributed by atoms with van der Waals surface area (Å²) >= 11 is 1.36. The molecular weight excluding hydrogens is 366 g/mol. The lowest BCUT2D eigenvalue weighted by atomic mass is 9.99. The molecular formula is C19H27N3O4S. The summed E-state index contributed by atoms with van der Waals surface area (Å²) in [6.45, 7) is 5.87. The summed E-state index contributed by atoms with van der Waals surface area (Å²) in [5, 5.41) is 7.78. The third kappa shape index (κ3) is 4.87. The van der Waals surface area contributed by atoms with Gasteiger partial charge < -0.3 is 15.4 Å². The molecule has 0 radical (unpaired) electrons. The Morgan fingerprint density at radius 2 is 2.00 bits per heavy atom. The summed E-state index contributed by atoms with van der Waals surface area (Å²) < 4.78 is 5.05. The molecule has 0 spiro atoms. The van der Waals surface area contributed by atoms with Gasteiger partial charge in [-0.25, -0.2) is 0 Å². The second-order valence-corrected chi connectivity index (χ2v) is 8.41. The Labute approximate surface area is 163 Å². The lowest BCUT2D eigenvalue weighted by molar-refractivity contribution is -0.142. The molecule has 1 aromatic rings. The van der Waals surface area contributed by atoms with E-state index in [1.54, 1.807) is 6.07 Å². The molecule has 3 heterocycles. The van der Waals surface area contributed by atoms with Crippen LogP contribution >= 0.6 is 11.3 Å². The van der Waals surface area contributed by atoms with Gasteiger partial charge in [-0.2, -0.15) is 0 Å². The Hall–Kier alpha value is -1.93. The molecule has 0 aliphatic carbocycles. The zero-order valence-corrected chi connectivity index (χ0v) is 16.6. The third-order valence-electron chi connectivity index (χ3n) is 5.21. The van der Waals surface area contributed by atoms with Crippen LogP contribution in [0.1, 0.15) is 42.8 Å². The zero-order chi connectivity index (χ0) is 19.4. The van der Waals surface area contributed by atoms with Crippen molar-refractivity contribution in [3.05, 3.63) is 22.4 Å². The molecule has 0 unspecified atom stereocenters. The van der Waals surface area contributed by atoms with Crippen molar-refractivity contribution in [2.45, 2.75) is 51.2 Å². The molecule has 7 nitrogen and oxygen atoms in total. The standard InChI is InChI=1S/C19H27N3O4S/c1-12(2)16(21-17(23)15-4-3-11-27-15)18(24)20-13-5-8-22(9-6-13)14-7-10-26-19(14)25/h3-4,11-14,16H,5-10H2,1-2H3,(H,20,24)(H,21,23)/t14-,16-/m0/s1. The van der Waals surface area contributed by atoms with Gasteiger partial charge in [-0.3, -0.25) is 19.3 Å². The van der Waals surface area contributed by atoms with Crippen molar-refractivity contribution < 1.29 is 19.1 Å². The Kier molecular flexibility index (Phi) is 6.49. The lowest BCUT2D eigenvalue weighted by Crippen LogP contribution is -2.55. The fourth-order valence-corrected chi connectivity index (χ4v) is 4.25.